The summed E-state index contributed by atoms with van der Waals surface area (Å²) in [6.07, 6.45) is 0.519. The minimum absolute atomic E-state index is 0.0701. The summed E-state index contributed by atoms with van der Waals surface area (Å²) >= 11 is 6.13. The van der Waals surface area contributed by atoms with Crippen molar-refractivity contribution in [3.63, 3.8) is 0 Å². The van der Waals surface area contributed by atoms with E-state index < -0.39 is 0 Å². The van der Waals surface area contributed by atoms with E-state index in [4.69, 9.17) is 17.3 Å². The van der Waals surface area contributed by atoms with Crippen LogP contribution in [0.4, 0.5) is 11.4 Å². The predicted molar refractivity (Wildman–Crippen MR) is 84.5 cm³/mol. The summed E-state index contributed by atoms with van der Waals surface area (Å²) in [5, 5.41) is 5.88. The number of halogens is 1. The molecule has 114 valence electrons. The molecular weight excluding hydrogens is 290 g/mol. The standard InChI is InChI=1S/C15H20ClN3O2/c1-15(2,3)12(17)7-14(21)19-11-4-8-5-13(20)18-10(8)6-9(11)16/h4,6,12H,5,7,17H2,1-3H3,(H,18,20)(H,19,21). The van der Waals surface area contributed by atoms with E-state index in [0.717, 1.165) is 5.56 Å². The van der Waals surface area contributed by atoms with E-state index in [1.165, 1.54) is 0 Å². The first kappa shape index (κ1) is 15.8. The molecule has 5 nitrogen and oxygen atoms in total. The van der Waals surface area contributed by atoms with Crippen LogP contribution in [0, 0.1) is 5.41 Å². The Bertz CT molecular complexity index is 593. The Labute approximate surface area is 129 Å². The summed E-state index contributed by atoms with van der Waals surface area (Å²) < 4.78 is 0. The fourth-order valence-corrected chi connectivity index (χ4v) is 2.26. The number of carbonyl (C=O) groups excluding carboxylic acids is 2. The average molecular weight is 310 g/mol. The van der Waals surface area contributed by atoms with Crippen LogP contribution in [0.2, 0.25) is 5.02 Å². The molecule has 2 amide bonds. The smallest absolute Gasteiger partial charge is 0.228 e. The Balaban J connectivity index is 2.09. The average Bonchev–Trinajstić information content (AvgIpc) is 2.67. The Morgan fingerprint density at radius 1 is 1.48 bits per heavy atom. The molecule has 0 aromatic heterocycles. The zero-order valence-corrected chi connectivity index (χ0v) is 13.2. The normalized spacial score (nSPS) is 15.4. The van der Waals surface area contributed by atoms with Crippen LogP contribution < -0.4 is 16.4 Å². The molecule has 0 radical (unpaired) electrons. The summed E-state index contributed by atoms with van der Waals surface area (Å²) in [5.41, 5.74) is 7.91. The molecule has 1 heterocycles. The molecular formula is C15H20ClN3O2. The lowest BCUT2D eigenvalue weighted by atomic mass is 9.85. The monoisotopic (exact) mass is 309 g/mol. The second-order valence-corrected chi connectivity index (χ2v) is 6.85. The van der Waals surface area contributed by atoms with Crippen LogP contribution in [-0.2, 0) is 16.0 Å². The van der Waals surface area contributed by atoms with Crippen molar-refractivity contribution in [2.75, 3.05) is 10.6 Å². The molecule has 1 aliphatic heterocycles. The number of hydrogen-bond acceptors (Lipinski definition) is 3. The van der Waals surface area contributed by atoms with Crippen LogP contribution in [0.3, 0.4) is 0 Å². The molecule has 2 rings (SSSR count). The van der Waals surface area contributed by atoms with Crippen molar-refractivity contribution in [2.24, 2.45) is 11.1 Å². The van der Waals surface area contributed by atoms with Gasteiger partial charge in [-0.2, -0.15) is 0 Å². The van der Waals surface area contributed by atoms with E-state index in [0.29, 0.717) is 22.8 Å². The maximum Gasteiger partial charge on any atom is 0.228 e. The van der Waals surface area contributed by atoms with Crippen LogP contribution in [-0.4, -0.2) is 17.9 Å². The first-order valence-corrected chi connectivity index (χ1v) is 7.22. The highest BCUT2D eigenvalue weighted by Gasteiger charge is 2.24. The van der Waals surface area contributed by atoms with Crippen molar-refractivity contribution in [2.45, 2.75) is 39.7 Å². The van der Waals surface area contributed by atoms with Crippen LogP contribution >= 0.6 is 11.6 Å². The molecule has 1 aliphatic rings. The van der Waals surface area contributed by atoms with Crippen molar-refractivity contribution in [1.82, 2.24) is 0 Å². The SMILES string of the molecule is CC(C)(C)C(N)CC(=O)Nc1cc2c(cc1Cl)NC(=O)C2. The number of fused-ring (bicyclic) bond motifs is 1. The molecule has 1 atom stereocenters. The Morgan fingerprint density at radius 3 is 2.76 bits per heavy atom. The third-order valence-corrected chi connectivity index (χ3v) is 3.92. The molecule has 1 aromatic rings. The first-order chi connectivity index (χ1) is 9.66. The van der Waals surface area contributed by atoms with Gasteiger partial charge in [0.2, 0.25) is 11.8 Å². The molecule has 6 heteroatoms. The summed E-state index contributed by atoms with van der Waals surface area (Å²) in [4.78, 5) is 23.4. The van der Waals surface area contributed by atoms with Gasteiger partial charge in [-0.1, -0.05) is 32.4 Å². The fraction of sp³-hybridized carbons (Fsp3) is 0.467. The van der Waals surface area contributed by atoms with Gasteiger partial charge in [0.15, 0.2) is 0 Å². The van der Waals surface area contributed by atoms with E-state index in [1.54, 1.807) is 12.1 Å². The highest BCUT2D eigenvalue weighted by atomic mass is 35.5. The highest BCUT2D eigenvalue weighted by Crippen LogP contribution is 2.33. The van der Waals surface area contributed by atoms with E-state index in [-0.39, 0.29) is 29.7 Å². The number of benzene rings is 1. The molecule has 0 aliphatic carbocycles. The summed E-state index contributed by atoms with van der Waals surface area (Å²) in [5.74, 6) is -0.254. The summed E-state index contributed by atoms with van der Waals surface area (Å²) in [6, 6.07) is 3.14. The van der Waals surface area contributed by atoms with Crippen molar-refractivity contribution in [3.8, 4) is 0 Å². The third-order valence-electron chi connectivity index (χ3n) is 3.61. The molecule has 4 N–H and O–H groups in total. The minimum atomic E-state index is -0.242. The van der Waals surface area contributed by atoms with E-state index in [2.05, 4.69) is 10.6 Å². The van der Waals surface area contributed by atoms with Gasteiger partial charge in [-0.3, -0.25) is 9.59 Å². The van der Waals surface area contributed by atoms with Crippen LogP contribution in [0.1, 0.15) is 32.8 Å². The van der Waals surface area contributed by atoms with Gasteiger partial charge in [0.25, 0.3) is 0 Å². The molecule has 21 heavy (non-hydrogen) atoms. The lowest BCUT2D eigenvalue weighted by Crippen LogP contribution is -2.38. The number of rotatable bonds is 3. The van der Waals surface area contributed by atoms with Crippen LogP contribution in [0.25, 0.3) is 0 Å². The Kier molecular flexibility index (Phi) is 4.25. The minimum Gasteiger partial charge on any atom is -0.327 e. The van der Waals surface area contributed by atoms with Gasteiger partial charge < -0.3 is 16.4 Å². The number of carbonyl (C=O) groups is 2. The molecule has 0 fully saturated rings. The maximum atomic E-state index is 12.1. The number of amides is 2. The zero-order valence-electron chi connectivity index (χ0n) is 12.4. The largest absolute Gasteiger partial charge is 0.327 e. The molecule has 0 spiro atoms. The van der Waals surface area contributed by atoms with Crippen molar-refractivity contribution in [3.05, 3.63) is 22.7 Å². The number of nitrogens with two attached hydrogens (primary N) is 1. The van der Waals surface area contributed by atoms with Crippen molar-refractivity contribution in [1.29, 1.82) is 0 Å². The Hall–Kier alpha value is -1.59. The van der Waals surface area contributed by atoms with Gasteiger partial charge in [0.05, 0.1) is 17.1 Å². The fourth-order valence-electron chi connectivity index (χ4n) is 2.05. The number of hydrogen-bond donors (Lipinski definition) is 3. The van der Waals surface area contributed by atoms with Gasteiger partial charge >= 0.3 is 0 Å². The first-order valence-electron chi connectivity index (χ1n) is 6.84. The van der Waals surface area contributed by atoms with Gasteiger partial charge in [-0.25, -0.2) is 0 Å². The second-order valence-electron chi connectivity index (χ2n) is 6.44. The lowest BCUT2D eigenvalue weighted by Gasteiger charge is -2.26. The van der Waals surface area contributed by atoms with Gasteiger partial charge in [0, 0.05) is 18.2 Å². The number of nitrogens with one attached hydrogen (secondary N) is 2. The molecule has 0 saturated carbocycles. The second kappa shape index (κ2) is 5.66. The molecule has 1 aromatic carbocycles. The maximum absolute atomic E-state index is 12.1. The zero-order chi connectivity index (χ0) is 15.8. The Morgan fingerprint density at radius 2 is 2.14 bits per heavy atom. The van der Waals surface area contributed by atoms with E-state index >= 15 is 0 Å². The molecule has 1 unspecified atom stereocenters. The van der Waals surface area contributed by atoms with Crippen molar-refractivity contribution < 1.29 is 9.59 Å². The quantitative estimate of drug-likeness (QED) is 0.802. The summed E-state index contributed by atoms with van der Waals surface area (Å²) in [7, 11) is 0. The number of anilines is 2. The van der Waals surface area contributed by atoms with Gasteiger partial charge in [0.1, 0.15) is 0 Å². The van der Waals surface area contributed by atoms with E-state index in [9.17, 15) is 9.59 Å². The van der Waals surface area contributed by atoms with Crippen LogP contribution in [0.5, 0.6) is 0 Å². The van der Waals surface area contributed by atoms with Crippen LogP contribution in [0.15, 0.2) is 12.1 Å². The van der Waals surface area contributed by atoms with E-state index in [1.807, 2.05) is 20.8 Å². The lowest BCUT2D eigenvalue weighted by molar-refractivity contribution is -0.117. The molecule has 0 saturated heterocycles. The summed E-state index contributed by atoms with van der Waals surface area (Å²) in [6.45, 7) is 5.97. The van der Waals surface area contributed by atoms with Crippen molar-refractivity contribution >= 4 is 34.8 Å². The molecule has 0 bridgehead atoms. The highest BCUT2D eigenvalue weighted by molar-refractivity contribution is 6.34. The van der Waals surface area contributed by atoms with Gasteiger partial charge in [-0.05, 0) is 23.1 Å². The topological polar surface area (TPSA) is 84.2 Å². The third kappa shape index (κ3) is 3.74. The predicted octanol–water partition coefficient (Wildman–Crippen LogP) is 2.54. The van der Waals surface area contributed by atoms with Gasteiger partial charge in [-0.15, -0.1) is 0 Å².